The third kappa shape index (κ3) is 5.96. The summed E-state index contributed by atoms with van der Waals surface area (Å²) in [4.78, 5) is 10.6. The SMILES string of the molecule is O=C([O-])COc1cccc(C2CCCC(NCC(O)c3cccc(Cl)c3)C2)c1. The van der Waals surface area contributed by atoms with Crippen molar-refractivity contribution >= 4 is 17.6 Å². The van der Waals surface area contributed by atoms with E-state index in [0.717, 1.165) is 36.8 Å². The number of hydrogen-bond acceptors (Lipinski definition) is 5. The molecule has 1 saturated carbocycles. The van der Waals surface area contributed by atoms with Gasteiger partial charge in [0.15, 0.2) is 0 Å². The number of benzene rings is 2. The first-order chi connectivity index (χ1) is 13.5. The summed E-state index contributed by atoms with van der Waals surface area (Å²) in [7, 11) is 0. The van der Waals surface area contributed by atoms with E-state index in [0.29, 0.717) is 29.3 Å². The van der Waals surface area contributed by atoms with E-state index >= 15 is 0 Å². The number of carbonyl (C=O) groups is 1. The predicted octanol–water partition coefficient (Wildman–Crippen LogP) is 2.82. The highest BCUT2D eigenvalue weighted by molar-refractivity contribution is 6.30. The first-order valence-electron chi connectivity index (χ1n) is 9.61. The fraction of sp³-hybridized carbons (Fsp3) is 0.409. The minimum atomic E-state index is -1.23. The molecule has 2 N–H and O–H groups in total. The molecule has 1 aliphatic carbocycles. The zero-order chi connectivity index (χ0) is 19.9. The first-order valence-corrected chi connectivity index (χ1v) is 9.98. The van der Waals surface area contributed by atoms with Crippen LogP contribution in [0.2, 0.25) is 5.02 Å². The molecule has 2 aromatic rings. The van der Waals surface area contributed by atoms with Gasteiger partial charge < -0.3 is 25.1 Å². The van der Waals surface area contributed by atoms with Crippen molar-refractivity contribution in [2.45, 2.75) is 43.7 Å². The molecular weight excluding hydrogens is 378 g/mol. The molecule has 0 aromatic heterocycles. The lowest BCUT2D eigenvalue weighted by Crippen LogP contribution is -2.36. The minimum absolute atomic E-state index is 0.320. The molecule has 2 aromatic carbocycles. The highest BCUT2D eigenvalue weighted by Gasteiger charge is 2.24. The molecule has 6 heteroatoms. The highest BCUT2D eigenvalue weighted by atomic mass is 35.5. The zero-order valence-electron chi connectivity index (χ0n) is 15.6. The average Bonchev–Trinajstić information content (AvgIpc) is 2.71. The van der Waals surface area contributed by atoms with Gasteiger partial charge in [-0.15, -0.1) is 0 Å². The summed E-state index contributed by atoms with van der Waals surface area (Å²) in [6, 6.07) is 15.2. The molecule has 0 heterocycles. The Morgan fingerprint density at radius 1 is 1.25 bits per heavy atom. The van der Waals surface area contributed by atoms with Gasteiger partial charge in [0.1, 0.15) is 12.4 Å². The van der Waals surface area contributed by atoms with E-state index in [1.807, 2.05) is 24.3 Å². The maximum atomic E-state index is 10.6. The number of aliphatic hydroxyl groups excluding tert-OH is 1. The van der Waals surface area contributed by atoms with Crippen molar-refractivity contribution in [3.63, 3.8) is 0 Å². The number of carboxylic acid groups (broad SMARTS) is 1. The van der Waals surface area contributed by atoms with Crippen LogP contribution in [0.25, 0.3) is 0 Å². The third-order valence-electron chi connectivity index (χ3n) is 5.19. The summed E-state index contributed by atoms with van der Waals surface area (Å²) in [6.07, 6.45) is 3.62. The molecule has 0 spiro atoms. The van der Waals surface area contributed by atoms with Gasteiger partial charge in [-0.2, -0.15) is 0 Å². The summed E-state index contributed by atoms with van der Waals surface area (Å²) in [5.74, 6) is -0.306. The number of hydrogen-bond donors (Lipinski definition) is 2. The fourth-order valence-corrected chi connectivity index (χ4v) is 3.99. The molecule has 150 valence electrons. The van der Waals surface area contributed by atoms with Crippen LogP contribution in [-0.4, -0.2) is 30.3 Å². The number of aliphatic hydroxyl groups is 1. The lowest BCUT2D eigenvalue weighted by atomic mass is 9.81. The van der Waals surface area contributed by atoms with Crippen molar-refractivity contribution in [2.24, 2.45) is 0 Å². The minimum Gasteiger partial charge on any atom is -0.546 e. The van der Waals surface area contributed by atoms with E-state index in [9.17, 15) is 15.0 Å². The summed E-state index contributed by atoms with van der Waals surface area (Å²) >= 11 is 6.00. The third-order valence-corrected chi connectivity index (χ3v) is 5.43. The van der Waals surface area contributed by atoms with E-state index in [-0.39, 0.29) is 0 Å². The van der Waals surface area contributed by atoms with Gasteiger partial charge in [-0.3, -0.25) is 0 Å². The van der Waals surface area contributed by atoms with E-state index in [1.165, 1.54) is 0 Å². The second kappa shape index (κ2) is 9.92. The maximum absolute atomic E-state index is 10.6. The van der Waals surface area contributed by atoms with E-state index < -0.39 is 18.7 Å². The number of rotatable bonds is 8. The molecule has 0 amide bonds. The van der Waals surface area contributed by atoms with Gasteiger partial charge in [0.25, 0.3) is 0 Å². The van der Waals surface area contributed by atoms with Gasteiger partial charge in [0.05, 0.1) is 12.1 Å². The normalized spacial score (nSPS) is 20.5. The van der Waals surface area contributed by atoms with E-state index in [1.54, 1.807) is 18.2 Å². The molecule has 3 unspecified atom stereocenters. The van der Waals surface area contributed by atoms with Crippen molar-refractivity contribution in [1.82, 2.24) is 5.32 Å². The fourth-order valence-electron chi connectivity index (χ4n) is 3.79. The number of nitrogens with one attached hydrogen (secondary N) is 1. The zero-order valence-corrected chi connectivity index (χ0v) is 16.4. The van der Waals surface area contributed by atoms with Crippen LogP contribution in [0.5, 0.6) is 5.75 Å². The van der Waals surface area contributed by atoms with Gasteiger partial charge in [0.2, 0.25) is 0 Å². The number of carbonyl (C=O) groups excluding carboxylic acids is 1. The molecule has 0 bridgehead atoms. The van der Waals surface area contributed by atoms with Crippen molar-refractivity contribution in [1.29, 1.82) is 0 Å². The summed E-state index contributed by atoms with van der Waals surface area (Å²) in [5, 5.41) is 25.1. The van der Waals surface area contributed by atoms with Crippen LogP contribution >= 0.6 is 11.6 Å². The molecule has 3 atom stereocenters. The molecule has 0 saturated heterocycles. The Morgan fingerprint density at radius 3 is 2.86 bits per heavy atom. The lowest BCUT2D eigenvalue weighted by molar-refractivity contribution is -0.307. The van der Waals surface area contributed by atoms with Gasteiger partial charge in [-0.1, -0.05) is 42.3 Å². The van der Waals surface area contributed by atoms with Crippen LogP contribution in [0.3, 0.4) is 0 Å². The van der Waals surface area contributed by atoms with Crippen LogP contribution in [0, 0.1) is 0 Å². The van der Waals surface area contributed by atoms with Crippen molar-refractivity contribution in [2.75, 3.05) is 13.2 Å². The van der Waals surface area contributed by atoms with Crippen molar-refractivity contribution < 1.29 is 19.7 Å². The predicted molar refractivity (Wildman–Crippen MR) is 106 cm³/mol. The number of halogens is 1. The Balaban J connectivity index is 1.55. The molecule has 0 radical (unpaired) electrons. The molecule has 0 aliphatic heterocycles. The van der Waals surface area contributed by atoms with Gasteiger partial charge >= 0.3 is 0 Å². The molecule has 1 aliphatic rings. The Kier molecular flexibility index (Phi) is 7.31. The Bertz CT molecular complexity index is 798. The number of aliphatic carboxylic acids is 1. The topological polar surface area (TPSA) is 81.6 Å². The standard InChI is InChI=1S/C22H26ClNO4/c23-18-7-1-6-17(10-18)21(25)13-24-19-8-2-4-15(11-19)16-5-3-9-20(12-16)28-14-22(26)27/h1,3,5-7,9-10,12,15,19,21,24-25H,2,4,8,11,13-14H2,(H,26,27)/p-1. The molecular formula is C22H25ClNO4-. The van der Waals surface area contributed by atoms with Crippen molar-refractivity contribution in [3.05, 3.63) is 64.7 Å². The second-order valence-electron chi connectivity index (χ2n) is 7.27. The van der Waals surface area contributed by atoms with Gasteiger partial charge in [-0.25, -0.2) is 0 Å². The Morgan fingerprint density at radius 2 is 2.07 bits per heavy atom. The molecule has 5 nitrogen and oxygen atoms in total. The molecule has 1 fully saturated rings. The smallest absolute Gasteiger partial charge is 0.128 e. The van der Waals surface area contributed by atoms with Crippen LogP contribution in [-0.2, 0) is 4.79 Å². The summed E-state index contributed by atoms with van der Waals surface area (Å²) < 4.78 is 5.24. The summed E-state index contributed by atoms with van der Waals surface area (Å²) in [6.45, 7) is 0.0339. The van der Waals surface area contributed by atoms with E-state index in [4.69, 9.17) is 16.3 Å². The second-order valence-corrected chi connectivity index (χ2v) is 7.71. The van der Waals surface area contributed by atoms with Crippen LogP contribution in [0.1, 0.15) is 48.8 Å². The monoisotopic (exact) mass is 402 g/mol. The largest absolute Gasteiger partial charge is 0.546 e. The van der Waals surface area contributed by atoms with Crippen LogP contribution < -0.4 is 15.2 Å². The molecule has 3 rings (SSSR count). The quantitative estimate of drug-likeness (QED) is 0.709. The van der Waals surface area contributed by atoms with E-state index in [2.05, 4.69) is 11.4 Å². The van der Waals surface area contributed by atoms with Crippen LogP contribution in [0.15, 0.2) is 48.5 Å². The maximum Gasteiger partial charge on any atom is 0.128 e. The van der Waals surface area contributed by atoms with Crippen molar-refractivity contribution in [3.8, 4) is 5.75 Å². The van der Waals surface area contributed by atoms with Gasteiger partial charge in [0, 0.05) is 17.6 Å². The summed E-state index contributed by atoms with van der Waals surface area (Å²) in [5.41, 5.74) is 1.96. The number of carboxylic acids is 1. The highest BCUT2D eigenvalue weighted by Crippen LogP contribution is 2.34. The first kappa shape index (κ1) is 20.6. The Labute approximate surface area is 170 Å². The Hall–Kier alpha value is -2.08. The van der Waals surface area contributed by atoms with Crippen LogP contribution in [0.4, 0.5) is 0 Å². The lowest BCUT2D eigenvalue weighted by Gasteiger charge is -2.31. The van der Waals surface area contributed by atoms with Gasteiger partial charge in [-0.05, 0) is 60.6 Å². The molecule has 28 heavy (non-hydrogen) atoms. The average molecular weight is 403 g/mol. The number of ether oxygens (including phenoxy) is 1.